The minimum atomic E-state index is -0.858. The Kier molecular flexibility index (Phi) is 7.38. The number of aliphatic carboxylic acids is 1. The van der Waals surface area contributed by atoms with E-state index >= 15 is 0 Å². The Balaban J connectivity index is 2.07. The zero-order valence-corrected chi connectivity index (χ0v) is 15.7. The zero-order chi connectivity index (χ0) is 18.4. The van der Waals surface area contributed by atoms with Crippen molar-refractivity contribution in [2.45, 2.75) is 58.5 Å². The fourth-order valence-corrected chi connectivity index (χ4v) is 3.91. The zero-order valence-electron chi connectivity index (χ0n) is 15.7. The fourth-order valence-electron chi connectivity index (χ4n) is 3.91. The molecule has 1 saturated heterocycles. The molecule has 0 saturated carbocycles. The van der Waals surface area contributed by atoms with Gasteiger partial charge in [0.1, 0.15) is 11.9 Å². The first-order valence-electron chi connectivity index (χ1n) is 9.44. The quantitative estimate of drug-likeness (QED) is 0.773. The highest BCUT2D eigenvalue weighted by atomic mass is 19.1. The van der Waals surface area contributed by atoms with Gasteiger partial charge in [-0.2, -0.15) is 0 Å². The lowest BCUT2D eigenvalue weighted by Gasteiger charge is -2.40. The number of halogens is 1. The van der Waals surface area contributed by atoms with Crippen LogP contribution in [0, 0.1) is 12.7 Å². The Morgan fingerprint density at radius 1 is 1.28 bits per heavy atom. The maximum absolute atomic E-state index is 13.5. The molecule has 25 heavy (non-hydrogen) atoms. The molecule has 0 spiro atoms. The van der Waals surface area contributed by atoms with Crippen molar-refractivity contribution in [2.75, 3.05) is 26.2 Å². The van der Waals surface area contributed by atoms with E-state index in [9.17, 15) is 14.3 Å². The average Bonchev–Trinajstić information content (AvgIpc) is 2.58. The number of aryl methyl sites for hydroxylation is 1. The molecule has 1 aromatic carbocycles. The monoisotopic (exact) mass is 350 g/mol. The number of carbonyl (C=O) groups is 1. The molecular formula is C20H31FN2O2. The van der Waals surface area contributed by atoms with Gasteiger partial charge in [0.2, 0.25) is 0 Å². The number of benzene rings is 1. The molecule has 0 radical (unpaired) electrons. The Hall–Kier alpha value is -1.46. The number of likely N-dealkylation sites (tertiary alicyclic amines) is 1. The van der Waals surface area contributed by atoms with E-state index in [-0.39, 0.29) is 5.82 Å². The maximum Gasteiger partial charge on any atom is 0.325 e. The van der Waals surface area contributed by atoms with Crippen LogP contribution in [0.4, 0.5) is 4.39 Å². The summed E-state index contributed by atoms with van der Waals surface area (Å²) in [6.45, 7) is 9.83. The molecule has 4 nitrogen and oxygen atoms in total. The summed E-state index contributed by atoms with van der Waals surface area (Å²) in [6.07, 6.45) is 4.27. The fraction of sp³-hybridized carbons (Fsp3) is 0.650. The number of hydrogen-bond acceptors (Lipinski definition) is 3. The number of carboxylic acids is 1. The van der Waals surface area contributed by atoms with Crippen LogP contribution in [0.25, 0.3) is 0 Å². The van der Waals surface area contributed by atoms with Crippen LogP contribution >= 0.6 is 0 Å². The summed E-state index contributed by atoms with van der Waals surface area (Å²) in [6, 6.07) is 4.50. The van der Waals surface area contributed by atoms with Crippen molar-refractivity contribution >= 4 is 5.97 Å². The predicted octanol–water partition coefficient (Wildman–Crippen LogP) is 3.85. The van der Waals surface area contributed by atoms with Crippen molar-refractivity contribution < 1.29 is 14.3 Å². The molecule has 1 aliphatic rings. The molecule has 0 aromatic heterocycles. The number of carboxylic acid groups (broad SMARTS) is 1. The highest BCUT2D eigenvalue weighted by molar-refractivity contribution is 5.75. The Labute approximate surface area is 150 Å². The largest absolute Gasteiger partial charge is 0.480 e. The lowest BCUT2D eigenvalue weighted by Crippen LogP contribution is -2.47. The first-order valence-corrected chi connectivity index (χ1v) is 9.44. The molecular weight excluding hydrogens is 319 g/mol. The molecule has 0 aliphatic carbocycles. The van der Waals surface area contributed by atoms with Gasteiger partial charge in [0.25, 0.3) is 0 Å². The van der Waals surface area contributed by atoms with Crippen LogP contribution in [0.5, 0.6) is 0 Å². The van der Waals surface area contributed by atoms with Crippen molar-refractivity contribution in [2.24, 2.45) is 0 Å². The predicted molar refractivity (Wildman–Crippen MR) is 98.3 cm³/mol. The maximum atomic E-state index is 13.5. The topological polar surface area (TPSA) is 43.8 Å². The average molecular weight is 350 g/mol. The van der Waals surface area contributed by atoms with E-state index in [0.717, 1.165) is 51.9 Å². The number of hydrogen-bond donors (Lipinski definition) is 1. The van der Waals surface area contributed by atoms with Crippen molar-refractivity contribution in [1.82, 2.24) is 9.80 Å². The van der Waals surface area contributed by atoms with Gasteiger partial charge in [-0.05, 0) is 62.9 Å². The second-order valence-electron chi connectivity index (χ2n) is 7.05. The van der Waals surface area contributed by atoms with Crippen LogP contribution < -0.4 is 0 Å². The van der Waals surface area contributed by atoms with E-state index in [2.05, 4.69) is 18.7 Å². The molecule has 1 atom stereocenters. The highest BCUT2D eigenvalue weighted by Gasteiger charge is 2.32. The Morgan fingerprint density at radius 3 is 2.36 bits per heavy atom. The highest BCUT2D eigenvalue weighted by Crippen LogP contribution is 2.28. The SMILES string of the molecule is CCCN(CCC)C1CCN(C(C(=O)O)c2ccc(F)c(C)c2)CC1. The molecule has 0 bridgehead atoms. The summed E-state index contributed by atoms with van der Waals surface area (Å²) in [7, 11) is 0. The van der Waals surface area contributed by atoms with Crippen LogP contribution in [0.1, 0.15) is 56.7 Å². The van der Waals surface area contributed by atoms with E-state index in [1.165, 1.54) is 6.07 Å². The normalized spacial score (nSPS) is 17.8. The van der Waals surface area contributed by atoms with E-state index in [1.807, 2.05) is 4.90 Å². The van der Waals surface area contributed by atoms with E-state index in [1.54, 1.807) is 19.1 Å². The molecule has 1 N–H and O–H groups in total. The molecule has 1 heterocycles. The lowest BCUT2D eigenvalue weighted by atomic mass is 9.97. The van der Waals surface area contributed by atoms with Crippen LogP contribution in [-0.4, -0.2) is 53.1 Å². The van der Waals surface area contributed by atoms with Gasteiger partial charge in [-0.15, -0.1) is 0 Å². The van der Waals surface area contributed by atoms with Crippen LogP contribution in [0.15, 0.2) is 18.2 Å². The summed E-state index contributed by atoms with van der Waals surface area (Å²) in [5.41, 5.74) is 1.17. The van der Waals surface area contributed by atoms with Gasteiger partial charge in [0.15, 0.2) is 0 Å². The van der Waals surface area contributed by atoms with Crippen molar-refractivity contribution in [3.8, 4) is 0 Å². The molecule has 1 unspecified atom stereocenters. The summed E-state index contributed by atoms with van der Waals surface area (Å²) >= 11 is 0. The Bertz CT molecular complexity index is 565. The third-order valence-electron chi connectivity index (χ3n) is 5.13. The summed E-state index contributed by atoms with van der Waals surface area (Å²) in [5.74, 6) is -1.15. The number of piperidine rings is 1. The molecule has 2 rings (SSSR count). The van der Waals surface area contributed by atoms with Crippen molar-refractivity contribution in [3.05, 3.63) is 35.1 Å². The minimum Gasteiger partial charge on any atom is -0.480 e. The first-order chi connectivity index (χ1) is 12.0. The molecule has 5 heteroatoms. The lowest BCUT2D eigenvalue weighted by molar-refractivity contribution is -0.144. The number of rotatable bonds is 8. The molecule has 1 fully saturated rings. The van der Waals surface area contributed by atoms with Gasteiger partial charge in [-0.25, -0.2) is 4.39 Å². The smallest absolute Gasteiger partial charge is 0.325 e. The standard InChI is InChI=1S/C20H31FN2O2/c1-4-10-22(11-5-2)17-8-12-23(13-9-17)19(20(24)25)16-6-7-18(21)15(3)14-16/h6-7,14,17,19H,4-5,8-13H2,1-3H3,(H,24,25). The van der Waals surface area contributed by atoms with Gasteiger partial charge in [0.05, 0.1) is 0 Å². The van der Waals surface area contributed by atoms with Gasteiger partial charge in [0, 0.05) is 19.1 Å². The van der Waals surface area contributed by atoms with E-state index < -0.39 is 12.0 Å². The summed E-state index contributed by atoms with van der Waals surface area (Å²) in [4.78, 5) is 16.5. The first kappa shape index (κ1) is 19.9. The molecule has 140 valence electrons. The van der Waals surface area contributed by atoms with Crippen molar-refractivity contribution in [3.63, 3.8) is 0 Å². The van der Waals surface area contributed by atoms with E-state index in [4.69, 9.17) is 0 Å². The third kappa shape index (κ3) is 5.02. The molecule has 1 aromatic rings. The second kappa shape index (κ2) is 9.30. The molecule has 0 amide bonds. The van der Waals surface area contributed by atoms with Crippen LogP contribution in [-0.2, 0) is 4.79 Å². The van der Waals surface area contributed by atoms with Crippen LogP contribution in [0.3, 0.4) is 0 Å². The van der Waals surface area contributed by atoms with Crippen molar-refractivity contribution in [1.29, 1.82) is 0 Å². The van der Waals surface area contributed by atoms with Gasteiger partial charge in [-0.1, -0.05) is 26.0 Å². The molecule has 1 aliphatic heterocycles. The van der Waals surface area contributed by atoms with Crippen LogP contribution in [0.2, 0.25) is 0 Å². The summed E-state index contributed by atoms with van der Waals surface area (Å²) in [5, 5.41) is 9.74. The van der Waals surface area contributed by atoms with Gasteiger partial charge < -0.3 is 10.0 Å². The van der Waals surface area contributed by atoms with Gasteiger partial charge in [-0.3, -0.25) is 9.69 Å². The summed E-state index contributed by atoms with van der Waals surface area (Å²) < 4.78 is 13.5. The Morgan fingerprint density at radius 2 is 1.88 bits per heavy atom. The second-order valence-corrected chi connectivity index (χ2v) is 7.05. The number of nitrogens with zero attached hydrogens (tertiary/aromatic N) is 2. The van der Waals surface area contributed by atoms with Gasteiger partial charge >= 0.3 is 5.97 Å². The third-order valence-corrected chi connectivity index (χ3v) is 5.13. The van der Waals surface area contributed by atoms with E-state index in [0.29, 0.717) is 17.2 Å². The minimum absolute atomic E-state index is 0.290.